The SMILES string of the molecule is CNC(=O)OCc1cc(-c2cccnc2C#N)n(S(=O)(=O)c2ccccc2)c1. The number of hydrogen-bond donors (Lipinski definition) is 1. The van der Waals surface area contributed by atoms with Crippen LogP contribution in [0.4, 0.5) is 4.79 Å². The van der Waals surface area contributed by atoms with Gasteiger partial charge in [-0.05, 0) is 30.3 Å². The van der Waals surface area contributed by atoms with Gasteiger partial charge < -0.3 is 10.1 Å². The summed E-state index contributed by atoms with van der Waals surface area (Å²) in [6.07, 6.45) is 2.19. The Balaban J connectivity index is 2.16. The standard InChI is InChI=1S/C19H16N4O4S/c1-21-19(24)27-13-14-10-18(16-8-5-9-22-17(16)11-20)23(12-14)28(25,26)15-6-3-2-4-7-15/h2-10,12H,13H2,1H3,(H,21,24). The number of nitriles is 1. The number of carbonyl (C=O) groups excluding carboxylic acids is 1. The minimum Gasteiger partial charge on any atom is -0.445 e. The molecule has 9 heteroatoms. The van der Waals surface area contributed by atoms with Gasteiger partial charge in [0.1, 0.15) is 18.4 Å². The van der Waals surface area contributed by atoms with Crippen molar-refractivity contribution in [1.82, 2.24) is 14.3 Å². The van der Waals surface area contributed by atoms with E-state index in [1.807, 2.05) is 6.07 Å². The molecule has 0 saturated heterocycles. The van der Waals surface area contributed by atoms with Crippen LogP contribution in [0.1, 0.15) is 11.3 Å². The fourth-order valence-electron chi connectivity index (χ4n) is 2.60. The summed E-state index contributed by atoms with van der Waals surface area (Å²) in [7, 11) is -2.52. The number of benzene rings is 1. The molecule has 0 fully saturated rings. The lowest BCUT2D eigenvalue weighted by Gasteiger charge is -2.11. The highest BCUT2D eigenvalue weighted by molar-refractivity contribution is 7.90. The van der Waals surface area contributed by atoms with Crippen molar-refractivity contribution in [2.75, 3.05) is 7.05 Å². The van der Waals surface area contributed by atoms with Gasteiger partial charge in [0.25, 0.3) is 10.0 Å². The summed E-state index contributed by atoms with van der Waals surface area (Å²) in [4.78, 5) is 15.4. The van der Waals surface area contributed by atoms with E-state index >= 15 is 0 Å². The van der Waals surface area contributed by atoms with E-state index in [1.165, 1.54) is 31.6 Å². The van der Waals surface area contributed by atoms with Gasteiger partial charge in [-0.15, -0.1) is 0 Å². The van der Waals surface area contributed by atoms with Gasteiger partial charge in [-0.1, -0.05) is 18.2 Å². The molecule has 142 valence electrons. The fraction of sp³-hybridized carbons (Fsp3) is 0.105. The van der Waals surface area contributed by atoms with Crippen LogP contribution in [0.5, 0.6) is 0 Å². The van der Waals surface area contributed by atoms with Crippen LogP contribution in [-0.4, -0.2) is 30.5 Å². The summed E-state index contributed by atoms with van der Waals surface area (Å²) in [5.74, 6) is 0. The summed E-state index contributed by atoms with van der Waals surface area (Å²) >= 11 is 0. The predicted molar refractivity (Wildman–Crippen MR) is 101 cm³/mol. The molecule has 28 heavy (non-hydrogen) atoms. The molecule has 2 heterocycles. The maximum atomic E-state index is 13.2. The number of hydrogen-bond acceptors (Lipinski definition) is 6. The normalized spacial score (nSPS) is 10.9. The van der Waals surface area contributed by atoms with Crippen molar-refractivity contribution in [2.24, 2.45) is 0 Å². The molecular formula is C19H16N4O4S. The van der Waals surface area contributed by atoms with Crippen LogP contribution in [0.3, 0.4) is 0 Å². The van der Waals surface area contributed by atoms with E-state index in [1.54, 1.807) is 36.4 Å². The first-order valence-corrected chi connectivity index (χ1v) is 9.63. The quantitative estimate of drug-likeness (QED) is 0.709. The molecule has 1 aromatic carbocycles. The van der Waals surface area contributed by atoms with Gasteiger partial charge in [0, 0.05) is 30.6 Å². The molecule has 0 radical (unpaired) electrons. The van der Waals surface area contributed by atoms with E-state index < -0.39 is 16.1 Å². The van der Waals surface area contributed by atoms with E-state index in [9.17, 15) is 18.5 Å². The van der Waals surface area contributed by atoms with E-state index in [-0.39, 0.29) is 22.9 Å². The molecule has 3 rings (SSSR count). The average molecular weight is 396 g/mol. The number of carbonyl (C=O) groups is 1. The molecule has 3 aromatic rings. The summed E-state index contributed by atoms with van der Waals surface area (Å²) < 4.78 is 32.4. The molecule has 2 aromatic heterocycles. The second kappa shape index (κ2) is 7.94. The van der Waals surface area contributed by atoms with E-state index in [0.717, 1.165) is 3.97 Å². The Morgan fingerprint density at radius 3 is 2.68 bits per heavy atom. The van der Waals surface area contributed by atoms with E-state index in [2.05, 4.69) is 10.3 Å². The van der Waals surface area contributed by atoms with E-state index in [4.69, 9.17) is 4.74 Å². The second-order valence-electron chi connectivity index (χ2n) is 5.69. The lowest BCUT2D eigenvalue weighted by atomic mass is 10.1. The van der Waals surface area contributed by atoms with Gasteiger partial charge in [-0.25, -0.2) is 22.2 Å². The maximum absolute atomic E-state index is 13.2. The molecule has 0 aliphatic rings. The largest absolute Gasteiger partial charge is 0.445 e. The Morgan fingerprint density at radius 2 is 2.00 bits per heavy atom. The van der Waals surface area contributed by atoms with Crippen LogP contribution in [0, 0.1) is 11.3 Å². The molecule has 1 amide bonds. The van der Waals surface area contributed by atoms with Gasteiger partial charge >= 0.3 is 6.09 Å². The molecule has 0 atom stereocenters. The van der Waals surface area contributed by atoms with Gasteiger partial charge in [0.05, 0.1) is 10.6 Å². The Bertz CT molecular complexity index is 1150. The first-order chi connectivity index (χ1) is 13.5. The summed E-state index contributed by atoms with van der Waals surface area (Å²) in [6, 6.07) is 14.7. The number of amides is 1. The molecular weight excluding hydrogens is 380 g/mol. The van der Waals surface area contributed by atoms with Crippen molar-refractivity contribution in [3.63, 3.8) is 0 Å². The topological polar surface area (TPSA) is 114 Å². The minimum atomic E-state index is -3.94. The Hall–Kier alpha value is -3.64. The van der Waals surface area contributed by atoms with Crippen molar-refractivity contribution in [3.05, 3.63) is 72.2 Å². The highest BCUT2D eigenvalue weighted by atomic mass is 32.2. The zero-order valence-corrected chi connectivity index (χ0v) is 15.7. The third-order valence-corrected chi connectivity index (χ3v) is 5.59. The zero-order valence-electron chi connectivity index (χ0n) is 14.9. The Kier molecular flexibility index (Phi) is 5.42. The number of nitrogens with zero attached hydrogens (tertiary/aromatic N) is 3. The first kappa shape index (κ1) is 19.1. The van der Waals surface area contributed by atoms with Crippen LogP contribution in [-0.2, 0) is 21.4 Å². The molecule has 1 N–H and O–H groups in total. The molecule has 0 saturated carbocycles. The number of nitrogens with one attached hydrogen (secondary N) is 1. The summed E-state index contributed by atoms with van der Waals surface area (Å²) in [5, 5.41) is 11.7. The number of pyridine rings is 1. The average Bonchev–Trinajstić information content (AvgIpc) is 3.17. The van der Waals surface area contributed by atoms with Crippen LogP contribution in [0.25, 0.3) is 11.3 Å². The van der Waals surface area contributed by atoms with Crippen molar-refractivity contribution in [3.8, 4) is 17.3 Å². The van der Waals surface area contributed by atoms with Crippen molar-refractivity contribution in [1.29, 1.82) is 5.26 Å². The highest BCUT2D eigenvalue weighted by Gasteiger charge is 2.23. The third kappa shape index (κ3) is 3.72. The lowest BCUT2D eigenvalue weighted by Crippen LogP contribution is -2.18. The third-order valence-electron chi connectivity index (χ3n) is 3.91. The van der Waals surface area contributed by atoms with Gasteiger partial charge in [-0.2, -0.15) is 5.26 Å². The number of alkyl carbamates (subject to hydrolysis) is 1. The van der Waals surface area contributed by atoms with Crippen molar-refractivity contribution < 1.29 is 17.9 Å². The zero-order chi connectivity index (χ0) is 20.1. The van der Waals surface area contributed by atoms with Gasteiger partial charge in [-0.3, -0.25) is 0 Å². The second-order valence-corrected chi connectivity index (χ2v) is 7.50. The van der Waals surface area contributed by atoms with Crippen LogP contribution < -0.4 is 5.32 Å². The van der Waals surface area contributed by atoms with Gasteiger partial charge in [0.15, 0.2) is 0 Å². The van der Waals surface area contributed by atoms with E-state index in [0.29, 0.717) is 11.1 Å². The van der Waals surface area contributed by atoms with Crippen LogP contribution in [0.2, 0.25) is 0 Å². The lowest BCUT2D eigenvalue weighted by molar-refractivity contribution is 0.142. The van der Waals surface area contributed by atoms with Crippen LogP contribution >= 0.6 is 0 Å². The Morgan fingerprint density at radius 1 is 1.25 bits per heavy atom. The van der Waals surface area contributed by atoms with Gasteiger partial charge in [0.2, 0.25) is 0 Å². The summed E-state index contributed by atoms with van der Waals surface area (Å²) in [5.41, 5.74) is 1.15. The molecule has 0 aliphatic carbocycles. The summed E-state index contributed by atoms with van der Waals surface area (Å²) in [6.45, 7) is -0.133. The minimum absolute atomic E-state index is 0.0869. The molecule has 0 aliphatic heterocycles. The molecule has 0 spiro atoms. The molecule has 8 nitrogen and oxygen atoms in total. The first-order valence-electron chi connectivity index (χ1n) is 8.19. The molecule has 0 unspecified atom stereocenters. The molecule has 0 bridgehead atoms. The smallest absolute Gasteiger partial charge is 0.407 e. The van der Waals surface area contributed by atoms with Crippen LogP contribution in [0.15, 0.2) is 65.8 Å². The highest BCUT2D eigenvalue weighted by Crippen LogP contribution is 2.29. The number of rotatable bonds is 5. The number of aromatic nitrogens is 2. The number of ether oxygens (including phenoxy) is 1. The van der Waals surface area contributed by atoms with Crippen molar-refractivity contribution in [2.45, 2.75) is 11.5 Å². The fourth-order valence-corrected chi connectivity index (χ4v) is 4.01. The maximum Gasteiger partial charge on any atom is 0.407 e. The monoisotopic (exact) mass is 396 g/mol. The predicted octanol–water partition coefficient (Wildman–Crippen LogP) is 2.51. The van der Waals surface area contributed by atoms with Crippen molar-refractivity contribution >= 4 is 16.1 Å². The Labute approximate surface area is 162 Å².